The van der Waals surface area contributed by atoms with E-state index < -0.39 is 10.0 Å². The maximum absolute atomic E-state index is 11.8. The van der Waals surface area contributed by atoms with Crippen molar-refractivity contribution in [3.8, 4) is 0 Å². The van der Waals surface area contributed by atoms with Crippen LogP contribution in [-0.4, -0.2) is 29.0 Å². The number of tetrazole rings is 1. The number of hydrogen-bond donors (Lipinski definition) is 3. The van der Waals surface area contributed by atoms with Crippen LogP contribution in [0.4, 0.5) is 5.69 Å². The molecular weight excluding hydrogens is 256 g/mol. The van der Waals surface area contributed by atoms with Crippen LogP contribution in [0.3, 0.4) is 0 Å². The lowest BCUT2D eigenvalue weighted by molar-refractivity contribution is 0.578. The first kappa shape index (κ1) is 12.5. The van der Waals surface area contributed by atoms with Crippen LogP contribution in [-0.2, 0) is 22.3 Å². The number of nitrogens with zero attached hydrogens (tertiary/aromatic N) is 3. The number of sulfonamides is 1. The zero-order valence-electron chi connectivity index (χ0n) is 9.37. The van der Waals surface area contributed by atoms with E-state index in [-0.39, 0.29) is 18.1 Å². The summed E-state index contributed by atoms with van der Waals surface area (Å²) in [5, 5.41) is 12.9. The van der Waals surface area contributed by atoms with Gasteiger partial charge in [0.05, 0.1) is 12.3 Å². The summed E-state index contributed by atoms with van der Waals surface area (Å²) < 4.78 is 25.9. The number of nitrogens with one attached hydrogen (secondary N) is 2. The minimum Gasteiger partial charge on any atom is -0.399 e. The van der Waals surface area contributed by atoms with Gasteiger partial charge in [-0.3, -0.25) is 0 Å². The van der Waals surface area contributed by atoms with E-state index in [2.05, 4.69) is 25.3 Å². The Labute approximate surface area is 104 Å². The van der Waals surface area contributed by atoms with Crippen LogP contribution < -0.4 is 10.5 Å². The van der Waals surface area contributed by atoms with Crippen molar-refractivity contribution in [3.63, 3.8) is 0 Å². The van der Waals surface area contributed by atoms with E-state index in [1.165, 1.54) is 0 Å². The van der Waals surface area contributed by atoms with Crippen LogP contribution in [0.15, 0.2) is 24.3 Å². The zero-order chi connectivity index (χ0) is 13.0. The Morgan fingerprint density at radius 1 is 1.28 bits per heavy atom. The van der Waals surface area contributed by atoms with Gasteiger partial charge in [0.15, 0.2) is 5.82 Å². The molecule has 9 heteroatoms. The molecule has 0 aliphatic carbocycles. The summed E-state index contributed by atoms with van der Waals surface area (Å²) in [4.78, 5) is 0. The van der Waals surface area contributed by atoms with Gasteiger partial charge in [-0.1, -0.05) is 17.3 Å². The van der Waals surface area contributed by atoms with Crippen molar-refractivity contribution in [2.45, 2.75) is 12.3 Å². The second kappa shape index (κ2) is 5.10. The third-order valence-electron chi connectivity index (χ3n) is 2.18. The molecule has 0 saturated carbocycles. The summed E-state index contributed by atoms with van der Waals surface area (Å²) >= 11 is 0. The number of anilines is 1. The van der Waals surface area contributed by atoms with Crippen molar-refractivity contribution in [3.05, 3.63) is 35.7 Å². The summed E-state index contributed by atoms with van der Waals surface area (Å²) in [5.41, 5.74) is 6.77. The molecule has 4 N–H and O–H groups in total. The maximum atomic E-state index is 11.8. The summed E-state index contributed by atoms with van der Waals surface area (Å²) in [5.74, 6) is 0.168. The van der Waals surface area contributed by atoms with Gasteiger partial charge in [-0.15, -0.1) is 10.2 Å². The molecule has 1 aromatic heterocycles. The number of rotatable bonds is 5. The third kappa shape index (κ3) is 3.50. The van der Waals surface area contributed by atoms with E-state index in [1.54, 1.807) is 24.3 Å². The van der Waals surface area contributed by atoms with Crippen molar-refractivity contribution < 1.29 is 8.42 Å². The molecule has 0 spiro atoms. The minimum absolute atomic E-state index is 0.00774. The molecule has 0 amide bonds. The fourth-order valence-corrected chi connectivity index (χ4v) is 2.40. The number of H-pyrrole nitrogens is 1. The van der Waals surface area contributed by atoms with Crippen LogP contribution >= 0.6 is 0 Å². The highest BCUT2D eigenvalue weighted by atomic mass is 32.2. The molecule has 96 valence electrons. The quantitative estimate of drug-likeness (QED) is 0.621. The van der Waals surface area contributed by atoms with E-state index in [0.29, 0.717) is 11.3 Å². The highest BCUT2D eigenvalue weighted by Crippen LogP contribution is 2.08. The van der Waals surface area contributed by atoms with Crippen molar-refractivity contribution in [1.29, 1.82) is 0 Å². The molecule has 0 radical (unpaired) electrons. The Balaban J connectivity index is 1.97. The SMILES string of the molecule is Nc1ccc(CS(=O)(=O)NCc2nn[nH]n2)cc1. The molecule has 2 aromatic rings. The number of hydrogen-bond acceptors (Lipinski definition) is 6. The summed E-state index contributed by atoms with van der Waals surface area (Å²) in [6, 6.07) is 6.65. The van der Waals surface area contributed by atoms with E-state index in [1.807, 2.05) is 0 Å². The average molecular weight is 268 g/mol. The van der Waals surface area contributed by atoms with Crippen LogP contribution in [0.5, 0.6) is 0 Å². The van der Waals surface area contributed by atoms with E-state index in [9.17, 15) is 8.42 Å². The van der Waals surface area contributed by atoms with Crippen molar-refractivity contribution in [1.82, 2.24) is 25.3 Å². The highest BCUT2D eigenvalue weighted by molar-refractivity contribution is 7.88. The Morgan fingerprint density at radius 2 is 2.00 bits per heavy atom. The summed E-state index contributed by atoms with van der Waals surface area (Å²) in [6.07, 6.45) is 0. The predicted octanol–water partition coefficient (Wildman–Crippen LogP) is -0.599. The number of nitrogens with two attached hydrogens (primary N) is 1. The molecule has 0 aliphatic rings. The average Bonchev–Trinajstić information content (AvgIpc) is 2.83. The summed E-state index contributed by atoms with van der Waals surface area (Å²) in [7, 11) is -3.44. The molecule has 0 aliphatic heterocycles. The van der Waals surface area contributed by atoms with Crippen LogP contribution in [0, 0.1) is 0 Å². The second-order valence-electron chi connectivity index (χ2n) is 3.65. The Morgan fingerprint density at radius 3 is 2.61 bits per heavy atom. The lowest BCUT2D eigenvalue weighted by atomic mass is 10.2. The van der Waals surface area contributed by atoms with E-state index in [4.69, 9.17) is 5.73 Å². The number of aromatic nitrogens is 4. The van der Waals surface area contributed by atoms with Gasteiger partial charge in [-0.25, -0.2) is 13.1 Å². The Hall–Kier alpha value is -2.00. The first-order valence-electron chi connectivity index (χ1n) is 5.09. The van der Waals surface area contributed by atoms with Gasteiger partial charge in [0.2, 0.25) is 10.0 Å². The number of nitrogen functional groups attached to an aromatic ring is 1. The minimum atomic E-state index is -3.44. The molecule has 18 heavy (non-hydrogen) atoms. The first-order valence-corrected chi connectivity index (χ1v) is 6.74. The van der Waals surface area contributed by atoms with E-state index >= 15 is 0 Å². The van der Waals surface area contributed by atoms with Gasteiger partial charge < -0.3 is 5.73 Å². The van der Waals surface area contributed by atoms with Crippen molar-refractivity contribution in [2.24, 2.45) is 0 Å². The number of benzene rings is 1. The molecule has 1 aromatic carbocycles. The fraction of sp³-hybridized carbons (Fsp3) is 0.222. The maximum Gasteiger partial charge on any atom is 0.216 e. The molecule has 0 atom stereocenters. The molecule has 0 bridgehead atoms. The van der Waals surface area contributed by atoms with Crippen molar-refractivity contribution >= 4 is 15.7 Å². The Bertz CT molecular complexity index is 592. The first-order chi connectivity index (χ1) is 8.55. The molecular formula is C9H12N6O2S. The predicted molar refractivity (Wildman–Crippen MR) is 64.5 cm³/mol. The Kier molecular flexibility index (Phi) is 3.53. The smallest absolute Gasteiger partial charge is 0.216 e. The molecule has 0 saturated heterocycles. The normalized spacial score (nSPS) is 11.6. The lowest BCUT2D eigenvalue weighted by Gasteiger charge is -2.05. The van der Waals surface area contributed by atoms with Crippen LogP contribution in [0.25, 0.3) is 0 Å². The fourth-order valence-electron chi connectivity index (χ4n) is 1.32. The molecule has 0 unspecified atom stereocenters. The van der Waals surface area contributed by atoms with Gasteiger partial charge in [0.25, 0.3) is 0 Å². The lowest BCUT2D eigenvalue weighted by Crippen LogP contribution is -2.25. The third-order valence-corrected chi connectivity index (χ3v) is 3.47. The monoisotopic (exact) mass is 268 g/mol. The van der Waals surface area contributed by atoms with E-state index in [0.717, 1.165) is 0 Å². The topological polar surface area (TPSA) is 127 Å². The molecule has 0 fully saturated rings. The summed E-state index contributed by atoms with van der Waals surface area (Å²) in [6.45, 7) is 0.00774. The second-order valence-corrected chi connectivity index (χ2v) is 5.46. The van der Waals surface area contributed by atoms with Crippen LogP contribution in [0.2, 0.25) is 0 Å². The van der Waals surface area contributed by atoms with Gasteiger partial charge in [-0.05, 0) is 17.7 Å². The van der Waals surface area contributed by atoms with Gasteiger partial charge in [-0.2, -0.15) is 5.21 Å². The van der Waals surface area contributed by atoms with Gasteiger partial charge in [0.1, 0.15) is 0 Å². The standard InChI is InChI=1S/C9H12N6O2S/c10-8-3-1-7(2-4-8)6-18(16,17)11-5-9-12-14-15-13-9/h1-4,11H,5-6,10H2,(H,12,13,14,15). The molecule has 1 heterocycles. The number of aromatic amines is 1. The largest absolute Gasteiger partial charge is 0.399 e. The highest BCUT2D eigenvalue weighted by Gasteiger charge is 2.12. The molecule has 8 nitrogen and oxygen atoms in total. The van der Waals surface area contributed by atoms with Gasteiger partial charge in [0, 0.05) is 5.69 Å². The zero-order valence-corrected chi connectivity index (χ0v) is 10.2. The van der Waals surface area contributed by atoms with Crippen molar-refractivity contribution in [2.75, 3.05) is 5.73 Å². The van der Waals surface area contributed by atoms with Gasteiger partial charge >= 0.3 is 0 Å². The molecule has 2 rings (SSSR count). The van der Waals surface area contributed by atoms with Crippen LogP contribution in [0.1, 0.15) is 11.4 Å².